The summed E-state index contributed by atoms with van der Waals surface area (Å²) in [7, 11) is 0. The second kappa shape index (κ2) is 5.89. The SMILES string of the molecule is CCCCCCC1c2ccccc2CN1C(N)=O. The first-order valence-electron chi connectivity index (χ1n) is 6.88. The van der Waals surface area contributed by atoms with Gasteiger partial charge in [-0.25, -0.2) is 4.79 Å². The highest BCUT2D eigenvalue weighted by Crippen LogP contribution is 2.36. The standard InChI is InChI=1S/C15H22N2O/c1-2-3-4-5-10-14-13-9-7-6-8-12(13)11-17(14)15(16)18/h6-9,14H,2-5,10-11H2,1H3,(H2,16,18). The largest absolute Gasteiger partial charge is 0.351 e. The zero-order valence-electron chi connectivity index (χ0n) is 11.1. The normalized spacial score (nSPS) is 17.8. The molecule has 1 aromatic rings. The van der Waals surface area contributed by atoms with Crippen LogP contribution in [0.4, 0.5) is 4.79 Å². The van der Waals surface area contributed by atoms with E-state index in [1.165, 1.54) is 30.4 Å². The lowest BCUT2D eigenvalue weighted by Crippen LogP contribution is -2.34. The molecule has 98 valence electrons. The lowest BCUT2D eigenvalue weighted by atomic mass is 9.99. The zero-order valence-corrected chi connectivity index (χ0v) is 11.1. The Morgan fingerprint density at radius 2 is 2.11 bits per heavy atom. The Balaban J connectivity index is 2.06. The highest BCUT2D eigenvalue weighted by Gasteiger charge is 2.31. The highest BCUT2D eigenvalue weighted by atomic mass is 16.2. The van der Waals surface area contributed by atoms with E-state index in [2.05, 4.69) is 19.1 Å². The molecule has 1 aromatic carbocycles. The number of benzene rings is 1. The summed E-state index contributed by atoms with van der Waals surface area (Å²) in [6.07, 6.45) is 5.93. The van der Waals surface area contributed by atoms with Gasteiger partial charge in [0.25, 0.3) is 0 Å². The van der Waals surface area contributed by atoms with Crippen molar-refractivity contribution in [2.75, 3.05) is 0 Å². The lowest BCUT2D eigenvalue weighted by molar-refractivity contribution is 0.185. The van der Waals surface area contributed by atoms with Crippen LogP contribution in [0.5, 0.6) is 0 Å². The maximum Gasteiger partial charge on any atom is 0.315 e. The molecule has 2 amide bonds. The number of hydrogen-bond donors (Lipinski definition) is 1. The third-order valence-corrected chi connectivity index (χ3v) is 3.75. The zero-order chi connectivity index (χ0) is 13.0. The van der Waals surface area contributed by atoms with E-state index in [4.69, 9.17) is 5.73 Å². The predicted octanol–water partition coefficient (Wildman–Crippen LogP) is 3.59. The molecule has 0 aromatic heterocycles. The van der Waals surface area contributed by atoms with E-state index in [0.717, 1.165) is 12.8 Å². The molecule has 1 aliphatic rings. The quantitative estimate of drug-likeness (QED) is 0.793. The molecular weight excluding hydrogens is 224 g/mol. The summed E-state index contributed by atoms with van der Waals surface area (Å²) in [5.41, 5.74) is 8.02. The number of amides is 2. The van der Waals surface area contributed by atoms with Gasteiger partial charge in [-0.15, -0.1) is 0 Å². The van der Waals surface area contributed by atoms with Crippen molar-refractivity contribution in [2.24, 2.45) is 5.73 Å². The predicted molar refractivity (Wildman–Crippen MR) is 73.1 cm³/mol. The maximum absolute atomic E-state index is 11.5. The molecule has 18 heavy (non-hydrogen) atoms. The molecule has 1 aliphatic heterocycles. The van der Waals surface area contributed by atoms with Crippen LogP contribution in [0.1, 0.15) is 56.2 Å². The Bertz CT molecular complexity index is 417. The first-order chi connectivity index (χ1) is 8.74. The highest BCUT2D eigenvalue weighted by molar-refractivity contribution is 5.73. The van der Waals surface area contributed by atoms with Gasteiger partial charge in [-0.2, -0.15) is 0 Å². The summed E-state index contributed by atoms with van der Waals surface area (Å²) in [5.74, 6) is 0. The molecule has 0 fully saturated rings. The molecule has 3 heteroatoms. The van der Waals surface area contributed by atoms with Gasteiger partial charge < -0.3 is 10.6 Å². The summed E-state index contributed by atoms with van der Waals surface area (Å²) in [6, 6.07) is 8.18. The Morgan fingerprint density at radius 3 is 2.83 bits per heavy atom. The number of carbonyl (C=O) groups is 1. The first kappa shape index (κ1) is 12.9. The number of hydrogen-bond acceptors (Lipinski definition) is 1. The average molecular weight is 246 g/mol. The minimum atomic E-state index is -0.299. The summed E-state index contributed by atoms with van der Waals surface area (Å²) in [6.45, 7) is 2.88. The van der Waals surface area contributed by atoms with E-state index >= 15 is 0 Å². The smallest absolute Gasteiger partial charge is 0.315 e. The third-order valence-electron chi connectivity index (χ3n) is 3.75. The van der Waals surface area contributed by atoms with Crippen molar-refractivity contribution < 1.29 is 4.79 Å². The Labute approximate surface area is 109 Å². The van der Waals surface area contributed by atoms with Crippen molar-refractivity contribution in [1.29, 1.82) is 0 Å². The fourth-order valence-electron chi connectivity index (χ4n) is 2.77. The molecule has 0 saturated heterocycles. The second-order valence-corrected chi connectivity index (χ2v) is 5.03. The van der Waals surface area contributed by atoms with Crippen molar-refractivity contribution in [3.63, 3.8) is 0 Å². The Morgan fingerprint density at radius 1 is 1.33 bits per heavy atom. The van der Waals surface area contributed by atoms with Crippen LogP contribution >= 0.6 is 0 Å². The Hall–Kier alpha value is -1.51. The summed E-state index contributed by atoms with van der Waals surface area (Å²) in [4.78, 5) is 13.3. The van der Waals surface area contributed by atoms with E-state index in [-0.39, 0.29) is 12.1 Å². The maximum atomic E-state index is 11.5. The van der Waals surface area contributed by atoms with Crippen molar-refractivity contribution in [2.45, 2.75) is 51.6 Å². The van der Waals surface area contributed by atoms with E-state index in [0.29, 0.717) is 6.54 Å². The fraction of sp³-hybridized carbons (Fsp3) is 0.533. The molecule has 0 radical (unpaired) electrons. The number of nitrogens with two attached hydrogens (primary N) is 1. The average Bonchev–Trinajstić information content (AvgIpc) is 2.74. The van der Waals surface area contributed by atoms with Crippen LogP contribution in [0, 0.1) is 0 Å². The van der Waals surface area contributed by atoms with Gasteiger partial charge in [0.1, 0.15) is 0 Å². The van der Waals surface area contributed by atoms with Gasteiger partial charge in [0.2, 0.25) is 0 Å². The molecule has 0 spiro atoms. The van der Waals surface area contributed by atoms with E-state index in [1.54, 1.807) is 4.90 Å². The van der Waals surface area contributed by atoms with Gasteiger partial charge in [0, 0.05) is 6.54 Å². The molecule has 0 saturated carbocycles. The van der Waals surface area contributed by atoms with Gasteiger partial charge in [0.05, 0.1) is 6.04 Å². The summed E-state index contributed by atoms with van der Waals surface area (Å²) >= 11 is 0. The molecular formula is C15H22N2O. The second-order valence-electron chi connectivity index (χ2n) is 5.03. The number of unbranched alkanes of at least 4 members (excludes halogenated alkanes) is 3. The van der Waals surface area contributed by atoms with Gasteiger partial charge in [0.15, 0.2) is 0 Å². The van der Waals surface area contributed by atoms with Crippen LogP contribution in [0.15, 0.2) is 24.3 Å². The van der Waals surface area contributed by atoms with Crippen LogP contribution in [0.2, 0.25) is 0 Å². The molecule has 0 bridgehead atoms. The number of carbonyl (C=O) groups excluding carboxylic acids is 1. The van der Waals surface area contributed by atoms with Crippen LogP contribution in [-0.2, 0) is 6.54 Å². The van der Waals surface area contributed by atoms with Gasteiger partial charge in [-0.05, 0) is 17.5 Å². The van der Waals surface area contributed by atoms with Crippen molar-refractivity contribution in [3.05, 3.63) is 35.4 Å². The van der Waals surface area contributed by atoms with E-state index in [1.807, 2.05) is 12.1 Å². The summed E-state index contributed by atoms with van der Waals surface area (Å²) in [5, 5.41) is 0. The van der Waals surface area contributed by atoms with Crippen LogP contribution in [0.3, 0.4) is 0 Å². The number of urea groups is 1. The fourth-order valence-corrected chi connectivity index (χ4v) is 2.77. The minimum Gasteiger partial charge on any atom is -0.351 e. The molecule has 3 nitrogen and oxygen atoms in total. The van der Waals surface area contributed by atoms with Gasteiger partial charge >= 0.3 is 6.03 Å². The van der Waals surface area contributed by atoms with Crippen molar-refractivity contribution in [3.8, 4) is 0 Å². The van der Waals surface area contributed by atoms with Crippen LogP contribution < -0.4 is 5.73 Å². The monoisotopic (exact) mass is 246 g/mol. The van der Waals surface area contributed by atoms with Gasteiger partial charge in [-0.1, -0.05) is 56.9 Å². The van der Waals surface area contributed by atoms with E-state index < -0.39 is 0 Å². The molecule has 1 atom stereocenters. The van der Waals surface area contributed by atoms with Crippen LogP contribution in [-0.4, -0.2) is 10.9 Å². The number of nitrogens with zero attached hydrogens (tertiary/aromatic N) is 1. The van der Waals surface area contributed by atoms with E-state index in [9.17, 15) is 4.79 Å². The topological polar surface area (TPSA) is 46.3 Å². The lowest BCUT2D eigenvalue weighted by Gasteiger charge is -2.23. The minimum absolute atomic E-state index is 0.190. The molecule has 2 N–H and O–H groups in total. The molecule has 0 aliphatic carbocycles. The molecule has 1 heterocycles. The number of primary amides is 1. The number of rotatable bonds is 5. The Kier molecular flexibility index (Phi) is 4.24. The van der Waals surface area contributed by atoms with Crippen molar-refractivity contribution >= 4 is 6.03 Å². The van der Waals surface area contributed by atoms with Crippen LogP contribution in [0.25, 0.3) is 0 Å². The third kappa shape index (κ3) is 2.66. The number of fused-ring (bicyclic) bond motifs is 1. The van der Waals surface area contributed by atoms with Crippen molar-refractivity contribution in [1.82, 2.24) is 4.90 Å². The first-order valence-corrected chi connectivity index (χ1v) is 6.88. The van der Waals surface area contributed by atoms with Gasteiger partial charge in [-0.3, -0.25) is 0 Å². The molecule has 2 rings (SSSR count). The summed E-state index contributed by atoms with van der Waals surface area (Å²) < 4.78 is 0. The molecule has 1 unspecified atom stereocenters.